The van der Waals surface area contributed by atoms with Crippen LogP contribution in [0.5, 0.6) is 0 Å². The Labute approximate surface area is 162 Å². The predicted molar refractivity (Wildman–Crippen MR) is 113 cm³/mol. The van der Waals surface area contributed by atoms with Crippen molar-refractivity contribution in [2.24, 2.45) is 0 Å². The first-order valence-electron chi connectivity index (χ1n) is 9.96. The fraction of sp³-hybridized carbons (Fsp3) is 0.280. The number of hydrogen-bond donors (Lipinski definition) is 1. The maximum absolute atomic E-state index is 3.57. The van der Waals surface area contributed by atoms with Gasteiger partial charge in [-0.2, -0.15) is 0 Å². The van der Waals surface area contributed by atoms with E-state index in [9.17, 15) is 0 Å². The maximum atomic E-state index is 3.57. The van der Waals surface area contributed by atoms with Crippen LogP contribution in [-0.4, -0.2) is 31.1 Å². The van der Waals surface area contributed by atoms with Gasteiger partial charge in [-0.15, -0.1) is 0 Å². The summed E-state index contributed by atoms with van der Waals surface area (Å²) in [6, 6.07) is 31.1. The van der Waals surface area contributed by atoms with Crippen LogP contribution in [-0.2, 0) is 5.54 Å². The second-order valence-electron chi connectivity index (χ2n) is 7.40. The Kier molecular flexibility index (Phi) is 5.38. The molecule has 0 spiro atoms. The fourth-order valence-corrected chi connectivity index (χ4v) is 4.38. The highest BCUT2D eigenvalue weighted by Crippen LogP contribution is 2.42. The number of hydrogen-bond acceptors (Lipinski definition) is 2. The van der Waals surface area contributed by atoms with Gasteiger partial charge in [0, 0.05) is 19.6 Å². The van der Waals surface area contributed by atoms with Gasteiger partial charge in [0.1, 0.15) is 0 Å². The zero-order valence-corrected chi connectivity index (χ0v) is 16.1. The third kappa shape index (κ3) is 3.43. The Bertz CT molecular complexity index is 793. The fourth-order valence-electron chi connectivity index (χ4n) is 4.38. The van der Waals surface area contributed by atoms with E-state index in [4.69, 9.17) is 0 Å². The lowest BCUT2D eigenvalue weighted by Gasteiger charge is -2.45. The third-order valence-electron chi connectivity index (χ3n) is 5.67. The van der Waals surface area contributed by atoms with Crippen molar-refractivity contribution in [2.75, 3.05) is 26.2 Å². The highest BCUT2D eigenvalue weighted by atomic mass is 15.2. The van der Waals surface area contributed by atoms with E-state index in [0.29, 0.717) is 0 Å². The number of nitrogens with one attached hydrogen (secondary N) is 1. The zero-order valence-electron chi connectivity index (χ0n) is 16.1. The van der Waals surface area contributed by atoms with E-state index in [1.54, 1.807) is 0 Å². The Hall–Kier alpha value is -2.42. The van der Waals surface area contributed by atoms with E-state index in [2.05, 4.69) is 102 Å². The minimum Gasteiger partial charge on any atom is -0.315 e. The summed E-state index contributed by atoms with van der Waals surface area (Å²) in [4.78, 5) is 2.67. The molecule has 27 heavy (non-hydrogen) atoms. The Balaban J connectivity index is 2.00. The molecule has 1 N–H and O–H groups in total. The second kappa shape index (κ2) is 8.08. The summed E-state index contributed by atoms with van der Waals surface area (Å²) in [6.45, 7) is 6.37. The summed E-state index contributed by atoms with van der Waals surface area (Å²) < 4.78 is 0. The maximum Gasteiger partial charge on any atom is 0.0973 e. The Morgan fingerprint density at radius 3 is 1.81 bits per heavy atom. The molecule has 0 aliphatic carbocycles. The van der Waals surface area contributed by atoms with Gasteiger partial charge in [-0.1, -0.05) is 90.5 Å². The van der Waals surface area contributed by atoms with Gasteiger partial charge in [-0.05, 0) is 36.6 Å². The Morgan fingerprint density at radius 2 is 1.22 bits per heavy atom. The first kappa shape index (κ1) is 18.0. The van der Waals surface area contributed by atoms with Crippen LogP contribution in [0, 0.1) is 6.92 Å². The van der Waals surface area contributed by atoms with Gasteiger partial charge in [-0.25, -0.2) is 0 Å². The minimum absolute atomic E-state index is 0.276. The molecule has 1 aliphatic rings. The van der Waals surface area contributed by atoms with Crippen molar-refractivity contribution in [3.63, 3.8) is 0 Å². The number of aryl methyl sites for hydroxylation is 1. The van der Waals surface area contributed by atoms with E-state index in [0.717, 1.165) is 32.6 Å². The van der Waals surface area contributed by atoms with Crippen molar-refractivity contribution in [1.82, 2.24) is 10.2 Å². The molecule has 0 radical (unpaired) electrons. The van der Waals surface area contributed by atoms with Crippen LogP contribution in [0.15, 0.2) is 84.9 Å². The van der Waals surface area contributed by atoms with Crippen molar-refractivity contribution >= 4 is 0 Å². The average Bonchev–Trinajstić information content (AvgIpc) is 3.01. The molecule has 2 nitrogen and oxygen atoms in total. The lowest BCUT2D eigenvalue weighted by molar-refractivity contribution is 0.168. The van der Waals surface area contributed by atoms with Crippen molar-refractivity contribution in [2.45, 2.75) is 18.9 Å². The first-order chi connectivity index (χ1) is 13.3. The summed E-state index contributed by atoms with van der Waals surface area (Å²) in [5, 5.41) is 3.57. The molecular weight excluding hydrogens is 328 g/mol. The van der Waals surface area contributed by atoms with Gasteiger partial charge in [0.25, 0.3) is 0 Å². The van der Waals surface area contributed by atoms with Gasteiger partial charge in [0.2, 0.25) is 0 Å². The van der Waals surface area contributed by atoms with Gasteiger partial charge in [0.05, 0.1) is 5.54 Å². The van der Waals surface area contributed by atoms with Crippen molar-refractivity contribution in [3.8, 4) is 0 Å². The van der Waals surface area contributed by atoms with E-state index >= 15 is 0 Å². The summed E-state index contributed by atoms with van der Waals surface area (Å²) >= 11 is 0. The number of nitrogens with zero attached hydrogens (tertiary/aromatic N) is 1. The van der Waals surface area contributed by atoms with E-state index < -0.39 is 0 Å². The molecule has 0 unspecified atom stereocenters. The monoisotopic (exact) mass is 356 g/mol. The first-order valence-corrected chi connectivity index (χ1v) is 9.96. The zero-order chi connectivity index (χ0) is 18.5. The van der Waals surface area contributed by atoms with Gasteiger partial charge < -0.3 is 5.32 Å². The van der Waals surface area contributed by atoms with Crippen molar-refractivity contribution < 1.29 is 0 Å². The molecule has 0 aromatic heterocycles. The van der Waals surface area contributed by atoms with E-state index in [1.165, 1.54) is 22.3 Å². The predicted octanol–water partition coefficient (Wildman–Crippen LogP) is 4.58. The standard InChI is InChI=1S/C25H28N2/c1-21-13-15-24(16-14-21)25(22-9-4-2-5-10-22,23-11-6-3-7-12-23)27-19-8-17-26-18-20-27/h2-7,9-16,26H,8,17-20H2,1H3. The van der Waals surface area contributed by atoms with E-state index in [1.807, 2.05) is 0 Å². The lowest BCUT2D eigenvalue weighted by Crippen LogP contribution is -2.49. The van der Waals surface area contributed by atoms with E-state index in [-0.39, 0.29) is 5.54 Å². The average molecular weight is 357 g/mol. The number of benzene rings is 3. The number of rotatable bonds is 4. The molecule has 3 aromatic rings. The van der Waals surface area contributed by atoms with Crippen LogP contribution in [0.25, 0.3) is 0 Å². The molecule has 1 aliphatic heterocycles. The largest absolute Gasteiger partial charge is 0.315 e. The highest BCUT2D eigenvalue weighted by Gasteiger charge is 2.41. The minimum atomic E-state index is -0.276. The van der Waals surface area contributed by atoms with Crippen molar-refractivity contribution in [3.05, 3.63) is 107 Å². The molecule has 1 saturated heterocycles. The molecule has 2 heteroatoms. The van der Waals surface area contributed by atoms with Crippen LogP contribution in [0.1, 0.15) is 28.7 Å². The molecule has 1 fully saturated rings. The van der Waals surface area contributed by atoms with Crippen molar-refractivity contribution in [1.29, 1.82) is 0 Å². The smallest absolute Gasteiger partial charge is 0.0973 e. The summed E-state index contributed by atoms with van der Waals surface area (Å²) in [7, 11) is 0. The Morgan fingerprint density at radius 1 is 0.667 bits per heavy atom. The van der Waals surface area contributed by atoms with Crippen LogP contribution >= 0.6 is 0 Å². The lowest BCUT2D eigenvalue weighted by atomic mass is 9.75. The molecule has 0 saturated carbocycles. The van der Waals surface area contributed by atoms with Crippen LogP contribution < -0.4 is 5.32 Å². The molecule has 0 amide bonds. The molecule has 1 heterocycles. The normalized spacial score (nSPS) is 16.0. The molecular formula is C25H28N2. The molecule has 4 rings (SSSR count). The summed E-state index contributed by atoms with van der Waals surface area (Å²) in [5.74, 6) is 0. The van der Waals surface area contributed by atoms with Crippen LogP contribution in [0.4, 0.5) is 0 Å². The molecule has 0 atom stereocenters. The summed E-state index contributed by atoms with van der Waals surface area (Å²) in [6.07, 6.45) is 1.16. The summed E-state index contributed by atoms with van der Waals surface area (Å²) in [5.41, 5.74) is 5.03. The third-order valence-corrected chi connectivity index (χ3v) is 5.67. The topological polar surface area (TPSA) is 15.3 Å². The van der Waals surface area contributed by atoms with Gasteiger partial charge in [-0.3, -0.25) is 4.90 Å². The quantitative estimate of drug-likeness (QED) is 0.688. The van der Waals surface area contributed by atoms with Crippen LogP contribution in [0.3, 0.4) is 0 Å². The second-order valence-corrected chi connectivity index (χ2v) is 7.40. The molecule has 3 aromatic carbocycles. The SMILES string of the molecule is Cc1ccc(C(c2ccccc2)(c2ccccc2)N2CCCNCC2)cc1. The molecule has 0 bridgehead atoms. The highest BCUT2D eigenvalue weighted by molar-refractivity contribution is 5.50. The van der Waals surface area contributed by atoms with Crippen LogP contribution in [0.2, 0.25) is 0 Å². The van der Waals surface area contributed by atoms with Gasteiger partial charge in [0.15, 0.2) is 0 Å². The van der Waals surface area contributed by atoms with Gasteiger partial charge >= 0.3 is 0 Å². The molecule has 138 valence electrons.